The lowest BCUT2D eigenvalue weighted by molar-refractivity contribution is 0.597. The lowest BCUT2D eigenvalue weighted by Gasteiger charge is -2.14. The van der Waals surface area contributed by atoms with Crippen LogP contribution in [0.3, 0.4) is 0 Å². The Bertz CT molecular complexity index is 1350. The van der Waals surface area contributed by atoms with Crippen LogP contribution in [0.2, 0.25) is 5.02 Å². The average molecular weight is 536 g/mol. The second-order valence-electron chi connectivity index (χ2n) is 7.48. The van der Waals surface area contributed by atoms with Crippen molar-refractivity contribution >= 4 is 56.5 Å². The molecule has 0 aliphatic heterocycles. The molecule has 0 amide bonds. The zero-order valence-corrected chi connectivity index (χ0v) is 21.2. The van der Waals surface area contributed by atoms with Crippen LogP contribution in [0.15, 0.2) is 58.4 Å². The van der Waals surface area contributed by atoms with E-state index in [0.717, 1.165) is 17.0 Å². The lowest BCUT2D eigenvalue weighted by Crippen LogP contribution is -2.39. The molecule has 0 saturated carbocycles. The molecule has 35 heavy (non-hydrogen) atoms. The molecular formula is C22H23ClFN7O2S2. The summed E-state index contributed by atoms with van der Waals surface area (Å²) in [6, 6.07) is 12.2. The first-order valence-electron chi connectivity index (χ1n) is 10.3. The Morgan fingerprint density at radius 3 is 2.34 bits per heavy atom. The molecule has 5 N–H and O–H groups in total. The van der Waals surface area contributed by atoms with E-state index in [-0.39, 0.29) is 21.0 Å². The molecule has 3 rings (SSSR count). The van der Waals surface area contributed by atoms with Crippen LogP contribution in [-0.2, 0) is 16.4 Å². The molecule has 0 aliphatic rings. The highest BCUT2D eigenvalue weighted by Gasteiger charge is 2.09. The third-order valence-corrected chi connectivity index (χ3v) is 5.97. The van der Waals surface area contributed by atoms with Crippen LogP contribution >= 0.6 is 23.8 Å². The summed E-state index contributed by atoms with van der Waals surface area (Å²) in [7, 11) is -3.75. The van der Waals surface area contributed by atoms with Crippen molar-refractivity contribution in [2.24, 2.45) is 10.1 Å². The van der Waals surface area contributed by atoms with Crippen molar-refractivity contribution in [3.05, 3.63) is 76.3 Å². The highest BCUT2D eigenvalue weighted by molar-refractivity contribution is 7.89. The fourth-order valence-electron chi connectivity index (χ4n) is 2.98. The van der Waals surface area contributed by atoms with E-state index in [9.17, 15) is 12.8 Å². The molecule has 0 bridgehead atoms. The molecule has 0 aliphatic carbocycles. The van der Waals surface area contributed by atoms with Crippen molar-refractivity contribution in [1.29, 1.82) is 0 Å². The molecule has 184 valence electrons. The zero-order valence-electron chi connectivity index (χ0n) is 18.8. The van der Waals surface area contributed by atoms with Crippen LogP contribution in [0.1, 0.15) is 17.0 Å². The molecule has 13 heteroatoms. The maximum atomic E-state index is 13.4. The van der Waals surface area contributed by atoms with Gasteiger partial charge in [-0.25, -0.2) is 27.9 Å². The number of benzene rings is 2. The third-order valence-electron chi connectivity index (χ3n) is 4.54. The predicted octanol–water partition coefficient (Wildman–Crippen LogP) is 3.53. The number of anilines is 2. The van der Waals surface area contributed by atoms with E-state index in [4.69, 9.17) is 29.0 Å². The summed E-state index contributed by atoms with van der Waals surface area (Å²) < 4.78 is 36.3. The molecule has 0 atom stereocenters. The van der Waals surface area contributed by atoms with Gasteiger partial charge in [0.05, 0.1) is 9.92 Å². The predicted molar refractivity (Wildman–Crippen MR) is 140 cm³/mol. The number of hydrogen-bond acceptors (Lipinski definition) is 6. The van der Waals surface area contributed by atoms with Gasteiger partial charge < -0.3 is 10.6 Å². The highest BCUT2D eigenvalue weighted by atomic mass is 35.5. The number of primary sulfonamides is 1. The number of nitrogens with two attached hydrogens (primary N) is 1. The Hall–Kier alpha value is -3.19. The Kier molecular flexibility index (Phi) is 8.67. The number of halogens is 2. The van der Waals surface area contributed by atoms with Gasteiger partial charge in [0.25, 0.3) is 0 Å². The topological polar surface area (TPSA) is 134 Å². The number of aromatic nitrogens is 2. The van der Waals surface area contributed by atoms with E-state index in [0.29, 0.717) is 24.6 Å². The summed E-state index contributed by atoms with van der Waals surface area (Å²) in [5.74, 6) is 0.0739. The molecule has 0 saturated heterocycles. The van der Waals surface area contributed by atoms with Crippen LogP contribution < -0.4 is 21.1 Å². The van der Waals surface area contributed by atoms with Gasteiger partial charge in [-0.1, -0.05) is 23.7 Å². The summed E-state index contributed by atoms with van der Waals surface area (Å²) >= 11 is 11.2. The zero-order chi connectivity index (χ0) is 25.6. The second-order valence-corrected chi connectivity index (χ2v) is 9.85. The van der Waals surface area contributed by atoms with Gasteiger partial charge in [-0.2, -0.15) is 0 Å². The van der Waals surface area contributed by atoms with Gasteiger partial charge in [0.1, 0.15) is 5.82 Å². The summed E-state index contributed by atoms with van der Waals surface area (Å²) in [5, 5.41) is 14.2. The average Bonchev–Trinajstić information content (AvgIpc) is 2.75. The van der Waals surface area contributed by atoms with Gasteiger partial charge in [-0.3, -0.25) is 10.3 Å². The van der Waals surface area contributed by atoms with Crippen LogP contribution in [0.25, 0.3) is 0 Å². The fraction of sp³-hybridized carbons (Fsp3) is 0.182. The van der Waals surface area contributed by atoms with Gasteiger partial charge >= 0.3 is 0 Å². The Balaban J connectivity index is 1.73. The number of aliphatic imine (C=N–C) groups is 1. The Morgan fingerprint density at radius 2 is 1.74 bits per heavy atom. The molecule has 1 heterocycles. The smallest absolute Gasteiger partial charge is 0.238 e. The van der Waals surface area contributed by atoms with E-state index in [1.54, 1.807) is 12.1 Å². The maximum absolute atomic E-state index is 13.4. The van der Waals surface area contributed by atoms with Crippen LogP contribution in [0.4, 0.5) is 16.0 Å². The van der Waals surface area contributed by atoms with Crippen LogP contribution in [0, 0.1) is 19.7 Å². The molecule has 0 fully saturated rings. The minimum atomic E-state index is -3.75. The largest absolute Gasteiger partial charge is 0.332 e. The first kappa shape index (κ1) is 26.4. The Labute approximate surface area is 213 Å². The van der Waals surface area contributed by atoms with E-state index in [1.165, 1.54) is 30.3 Å². The monoisotopic (exact) mass is 535 g/mol. The van der Waals surface area contributed by atoms with Crippen LogP contribution in [-0.4, -0.2) is 36.0 Å². The van der Waals surface area contributed by atoms with Crippen molar-refractivity contribution in [2.75, 3.05) is 17.2 Å². The normalized spacial score (nSPS) is 11.7. The van der Waals surface area contributed by atoms with Crippen molar-refractivity contribution in [3.8, 4) is 0 Å². The molecule has 0 spiro atoms. The number of nitrogens with one attached hydrogen (secondary N) is 3. The van der Waals surface area contributed by atoms with E-state index in [1.807, 2.05) is 19.9 Å². The number of thiocarbonyl (C=S) groups is 1. The number of rotatable bonds is 6. The summed E-state index contributed by atoms with van der Waals surface area (Å²) in [5.41, 5.74) is 2.91. The van der Waals surface area contributed by atoms with Crippen molar-refractivity contribution in [1.82, 2.24) is 15.3 Å². The highest BCUT2D eigenvalue weighted by Crippen LogP contribution is 2.19. The minimum Gasteiger partial charge on any atom is -0.332 e. The summed E-state index contributed by atoms with van der Waals surface area (Å²) in [6.07, 6.45) is 0.513. The number of aryl methyl sites for hydroxylation is 2. The van der Waals surface area contributed by atoms with Gasteiger partial charge in [-0.15, -0.1) is 0 Å². The maximum Gasteiger partial charge on any atom is 0.238 e. The number of nitrogens with zero attached hydrogens (tertiary/aromatic N) is 3. The first-order chi connectivity index (χ1) is 16.5. The molecular weight excluding hydrogens is 513 g/mol. The minimum absolute atomic E-state index is 0.0399. The quantitative estimate of drug-likeness (QED) is 0.214. The molecule has 0 radical (unpaired) electrons. The SMILES string of the molecule is Cc1cc(C)nc(NC(=NCCc2ccc(S(N)(=O)=O)cc2)NC(=S)Nc2ccc(F)c(Cl)c2)n1. The van der Waals surface area contributed by atoms with Gasteiger partial charge in [-0.05, 0) is 74.4 Å². The van der Waals surface area contributed by atoms with E-state index in [2.05, 4.69) is 30.9 Å². The van der Waals surface area contributed by atoms with Gasteiger partial charge in [0.15, 0.2) is 5.11 Å². The summed E-state index contributed by atoms with van der Waals surface area (Å²) in [4.78, 5) is 13.3. The van der Waals surface area contributed by atoms with Crippen molar-refractivity contribution in [3.63, 3.8) is 0 Å². The fourth-order valence-corrected chi connectivity index (χ4v) is 3.89. The van der Waals surface area contributed by atoms with Crippen molar-refractivity contribution in [2.45, 2.75) is 25.2 Å². The first-order valence-corrected chi connectivity index (χ1v) is 12.6. The third kappa shape index (κ3) is 8.21. The number of sulfonamides is 1. The summed E-state index contributed by atoms with van der Waals surface area (Å²) in [6.45, 7) is 4.03. The lowest BCUT2D eigenvalue weighted by atomic mass is 10.1. The standard InChI is InChI=1S/C22H23ClFN7O2S2/c1-13-11-14(2)28-21(27-13)30-20(31-22(34)29-16-5-8-19(24)18(23)12-16)26-10-9-15-3-6-17(7-4-15)35(25,32)33/h3-8,11-12H,9-10H2,1-2H3,(H2,25,32,33)(H3,26,27,28,29,30,31,34). The number of guanidine groups is 1. The van der Waals surface area contributed by atoms with Gasteiger partial charge in [0.2, 0.25) is 21.9 Å². The second kappa shape index (κ2) is 11.5. The molecule has 1 aromatic heterocycles. The van der Waals surface area contributed by atoms with E-state index < -0.39 is 15.8 Å². The van der Waals surface area contributed by atoms with E-state index >= 15 is 0 Å². The van der Waals surface area contributed by atoms with Crippen LogP contribution in [0.5, 0.6) is 0 Å². The molecule has 3 aromatic rings. The van der Waals surface area contributed by atoms with Crippen molar-refractivity contribution < 1.29 is 12.8 Å². The molecule has 2 aromatic carbocycles. The molecule has 9 nitrogen and oxygen atoms in total. The number of hydrogen-bond donors (Lipinski definition) is 4. The molecule has 0 unspecified atom stereocenters. The van der Waals surface area contributed by atoms with Gasteiger partial charge in [0, 0.05) is 23.6 Å². The Morgan fingerprint density at radius 1 is 1.09 bits per heavy atom.